The number of rotatable bonds is 4. The minimum absolute atomic E-state index is 0.0762. The van der Waals surface area contributed by atoms with Crippen molar-refractivity contribution in [2.75, 3.05) is 16.0 Å². The van der Waals surface area contributed by atoms with Gasteiger partial charge in [-0.3, -0.25) is 9.59 Å². The van der Waals surface area contributed by atoms with E-state index in [1.165, 1.54) is 11.8 Å². The van der Waals surface area contributed by atoms with Gasteiger partial charge in [-0.15, -0.1) is 11.8 Å². The van der Waals surface area contributed by atoms with Crippen molar-refractivity contribution in [3.05, 3.63) is 89.4 Å². The van der Waals surface area contributed by atoms with Crippen LogP contribution in [0.15, 0.2) is 83.8 Å². The number of hydrogen-bond acceptors (Lipinski definition) is 3. The fourth-order valence-electron chi connectivity index (χ4n) is 3.45. The number of carbonyl (C=O) groups is 2. The number of halogens is 1. The lowest BCUT2D eigenvalue weighted by Crippen LogP contribution is -2.36. The Balaban J connectivity index is 1.70. The summed E-state index contributed by atoms with van der Waals surface area (Å²) in [4.78, 5) is 28.6. The molecule has 0 fully saturated rings. The smallest absolute Gasteiger partial charge is 0.238 e. The average molecular weight is 423 g/mol. The molecular formula is C23H19ClN2O2S. The van der Waals surface area contributed by atoms with Gasteiger partial charge in [0.15, 0.2) is 0 Å². The van der Waals surface area contributed by atoms with E-state index in [2.05, 4.69) is 5.32 Å². The van der Waals surface area contributed by atoms with Crippen LogP contribution in [-0.4, -0.2) is 17.6 Å². The number of amides is 2. The topological polar surface area (TPSA) is 49.4 Å². The number of anilines is 2. The highest BCUT2D eigenvalue weighted by molar-refractivity contribution is 8.00. The molecule has 29 heavy (non-hydrogen) atoms. The highest BCUT2D eigenvalue weighted by atomic mass is 35.5. The third-order valence-electron chi connectivity index (χ3n) is 4.77. The predicted octanol–water partition coefficient (Wildman–Crippen LogP) is 5.55. The van der Waals surface area contributed by atoms with Crippen molar-refractivity contribution in [3.8, 4) is 0 Å². The van der Waals surface area contributed by atoms with Gasteiger partial charge in [-0.25, -0.2) is 0 Å². The molecule has 2 amide bonds. The van der Waals surface area contributed by atoms with Gasteiger partial charge in [-0.2, -0.15) is 0 Å². The summed E-state index contributed by atoms with van der Waals surface area (Å²) in [6.07, 6.45) is 0.196. The fourth-order valence-corrected chi connectivity index (χ4v) is 4.54. The largest absolute Gasteiger partial charge is 0.324 e. The molecule has 0 aromatic heterocycles. The normalized spacial score (nSPS) is 16.0. The third kappa shape index (κ3) is 4.31. The molecule has 1 heterocycles. The molecule has 4 rings (SSSR count). The van der Waals surface area contributed by atoms with Crippen molar-refractivity contribution in [2.24, 2.45) is 0 Å². The summed E-state index contributed by atoms with van der Waals surface area (Å²) in [7, 11) is 0. The van der Waals surface area contributed by atoms with E-state index in [0.717, 1.165) is 10.5 Å². The van der Waals surface area contributed by atoms with Crippen LogP contribution in [0.5, 0.6) is 0 Å². The van der Waals surface area contributed by atoms with Crippen LogP contribution in [0, 0.1) is 0 Å². The molecule has 1 aliphatic rings. The highest BCUT2D eigenvalue weighted by Gasteiger charge is 2.33. The summed E-state index contributed by atoms with van der Waals surface area (Å²) in [5.74, 6) is 0.0309. The molecule has 0 saturated carbocycles. The van der Waals surface area contributed by atoms with Crippen LogP contribution < -0.4 is 10.2 Å². The van der Waals surface area contributed by atoms with E-state index in [-0.39, 0.29) is 30.0 Å². The Morgan fingerprint density at radius 1 is 1.00 bits per heavy atom. The van der Waals surface area contributed by atoms with Crippen LogP contribution in [0.4, 0.5) is 11.4 Å². The van der Waals surface area contributed by atoms with Crippen molar-refractivity contribution < 1.29 is 9.59 Å². The molecule has 6 heteroatoms. The molecule has 1 aliphatic heterocycles. The van der Waals surface area contributed by atoms with Crippen LogP contribution in [0.25, 0.3) is 0 Å². The summed E-state index contributed by atoms with van der Waals surface area (Å²) in [5, 5.41) is 3.55. The van der Waals surface area contributed by atoms with Gasteiger partial charge < -0.3 is 10.2 Å². The molecule has 3 aromatic rings. The summed E-state index contributed by atoms with van der Waals surface area (Å²) >= 11 is 7.64. The number of carbonyl (C=O) groups excluding carboxylic acids is 2. The van der Waals surface area contributed by atoms with Crippen molar-refractivity contribution in [2.45, 2.75) is 17.4 Å². The van der Waals surface area contributed by atoms with Crippen molar-refractivity contribution >= 4 is 46.6 Å². The maximum absolute atomic E-state index is 13.4. The van der Waals surface area contributed by atoms with Gasteiger partial charge in [0, 0.05) is 4.90 Å². The van der Waals surface area contributed by atoms with Crippen LogP contribution in [0.3, 0.4) is 0 Å². The van der Waals surface area contributed by atoms with Gasteiger partial charge in [-0.1, -0.05) is 66.2 Å². The van der Waals surface area contributed by atoms with E-state index < -0.39 is 0 Å². The van der Waals surface area contributed by atoms with E-state index in [1.54, 1.807) is 4.90 Å². The molecule has 146 valence electrons. The lowest BCUT2D eigenvalue weighted by Gasteiger charge is -2.30. The number of hydrogen-bond donors (Lipinski definition) is 1. The molecule has 4 nitrogen and oxygen atoms in total. The lowest BCUT2D eigenvalue weighted by molar-refractivity contribution is -0.117. The number of nitrogens with one attached hydrogen (secondary N) is 1. The number of para-hydroxylation sites is 2. The number of fused-ring (bicyclic) bond motifs is 1. The molecule has 0 saturated heterocycles. The summed E-state index contributed by atoms with van der Waals surface area (Å²) in [6, 6.07) is 24.2. The maximum atomic E-state index is 13.4. The molecule has 1 N–H and O–H groups in total. The SMILES string of the molecule is O=C1C[C@@H](c2ccccc2)N(C(=O)CSc2ccccc2Cl)c2ccccc2N1. The van der Waals surface area contributed by atoms with Crippen LogP contribution >= 0.6 is 23.4 Å². The van der Waals surface area contributed by atoms with Gasteiger partial charge in [0.25, 0.3) is 0 Å². The Morgan fingerprint density at radius 3 is 2.48 bits per heavy atom. The zero-order chi connectivity index (χ0) is 20.2. The van der Waals surface area contributed by atoms with E-state index in [4.69, 9.17) is 11.6 Å². The van der Waals surface area contributed by atoms with Crippen LogP contribution in [-0.2, 0) is 9.59 Å². The third-order valence-corrected chi connectivity index (χ3v) is 6.27. The molecule has 0 unspecified atom stereocenters. The van der Waals surface area contributed by atoms with Gasteiger partial charge >= 0.3 is 0 Å². The standard InChI is InChI=1S/C23H19ClN2O2S/c24-17-10-4-7-13-21(17)29-15-23(28)26-19-12-6-5-11-18(19)25-22(27)14-20(26)16-8-2-1-3-9-16/h1-13,20H,14-15H2,(H,25,27)/t20-/m0/s1. The maximum Gasteiger partial charge on any atom is 0.238 e. The Kier molecular flexibility index (Phi) is 5.88. The zero-order valence-electron chi connectivity index (χ0n) is 15.5. The van der Waals surface area contributed by atoms with Gasteiger partial charge in [-0.05, 0) is 29.8 Å². The molecule has 0 spiro atoms. The van der Waals surface area contributed by atoms with Gasteiger partial charge in [0.1, 0.15) is 0 Å². The number of nitrogens with zero attached hydrogens (tertiary/aromatic N) is 1. The molecule has 3 aromatic carbocycles. The average Bonchev–Trinajstić information content (AvgIpc) is 2.89. The monoisotopic (exact) mass is 422 g/mol. The quantitative estimate of drug-likeness (QED) is 0.561. The minimum Gasteiger partial charge on any atom is -0.324 e. The van der Waals surface area contributed by atoms with E-state index >= 15 is 0 Å². The summed E-state index contributed by atoms with van der Waals surface area (Å²) < 4.78 is 0. The summed E-state index contributed by atoms with van der Waals surface area (Å²) in [5.41, 5.74) is 2.28. The van der Waals surface area contributed by atoms with E-state index in [1.807, 2.05) is 78.9 Å². The Hall–Kier alpha value is -2.76. The first-order valence-electron chi connectivity index (χ1n) is 9.26. The van der Waals surface area contributed by atoms with Crippen molar-refractivity contribution in [3.63, 3.8) is 0 Å². The van der Waals surface area contributed by atoms with E-state index in [9.17, 15) is 9.59 Å². The number of benzene rings is 3. The first-order chi connectivity index (χ1) is 14.1. The Bertz CT molecular complexity index is 1040. The van der Waals surface area contributed by atoms with Crippen molar-refractivity contribution in [1.29, 1.82) is 0 Å². The zero-order valence-corrected chi connectivity index (χ0v) is 17.1. The Labute approximate surface area is 178 Å². The second-order valence-corrected chi connectivity index (χ2v) is 8.10. The highest BCUT2D eigenvalue weighted by Crippen LogP contribution is 2.39. The molecule has 1 atom stereocenters. The predicted molar refractivity (Wildman–Crippen MR) is 119 cm³/mol. The minimum atomic E-state index is -0.376. The molecule has 0 bridgehead atoms. The van der Waals surface area contributed by atoms with Crippen molar-refractivity contribution in [1.82, 2.24) is 0 Å². The lowest BCUT2D eigenvalue weighted by atomic mass is 10.0. The second kappa shape index (κ2) is 8.72. The van der Waals surface area contributed by atoms with Gasteiger partial charge in [0.2, 0.25) is 11.8 Å². The molecule has 0 aliphatic carbocycles. The number of thioether (sulfide) groups is 1. The Morgan fingerprint density at radius 2 is 1.69 bits per heavy atom. The van der Waals surface area contributed by atoms with E-state index in [0.29, 0.717) is 16.4 Å². The first kappa shape index (κ1) is 19.6. The van der Waals surface area contributed by atoms with Crippen LogP contribution in [0.2, 0.25) is 5.02 Å². The second-order valence-electron chi connectivity index (χ2n) is 6.68. The summed E-state index contributed by atoms with van der Waals surface area (Å²) in [6.45, 7) is 0. The molecule has 0 radical (unpaired) electrons. The first-order valence-corrected chi connectivity index (χ1v) is 10.6. The van der Waals surface area contributed by atoms with Crippen LogP contribution in [0.1, 0.15) is 18.0 Å². The fraction of sp³-hybridized carbons (Fsp3) is 0.130. The molecular weight excluding hydrogens is 404 g/mol. The van der Waals surface area contributed by atoms with Gasteiger partial charge in [0.05, 0.1) is 34.6 Å².